The van der Waals surface area contributed by atoms with Crippen LogP contribution in [-0.2, 0) is 0 Å². The molecule has 0 spiro atoms. The number of benzene rings is 2. The summed E-state index contributed by atoms with van der Waals surface area (Å²) in [6.45, 7) is 6.49. The van der Waals surface area contributed by atoms with Crippen molar-refractivity contribution in [2.45, 2.75) is 33.1 Å². The monoisotopic (exact) mass is 388 g/mol. The summed E-state index contributed by atoms with van der Waals surface area (Å²) >= 11 is 1.61. The standard InChI is InChI=1S/C22H19F3OS/c1-21(2,3)19-14-6-4-5-7-16(14)20-17(10-11-27-20)18-12-13(8-9-15(18)19)26-22(23,24)25/h4-12,19H,1-3H3. The van der Waals surface area contributed by atoms with Crippen LogP contribution in [0.5, 0.6) is 5.75 Å². The van der Waals surface area contributed by atoms with E-state index in [1.165, 1.54) is 17.7 Å². The maximum absolute atomic E-state index is 12.8. The van der Waals surface area contributed by atoms with Crippen LogP contribution in [0.3, 0.4) is 0 Å². The van der Waals surface area contributed by atoms with Gasteiger partial charge in [-0.2, -0.15) is 0 Å². The Bertz CT molecular complexity index is 995. The molecule has 1 atom stereocenters. The molecule has 0 saturated heterocycles. The molecule has 0 radical (unpaired) electrons. The maximum atomic E-state index is 12.8. The molecular weight excluding hydrogens is 369 g/mol. The van der Waals surface area contributed by atoms with Gasteiger partial charge in [-0.25, -0.2) is 0 Å². The number of halogens is 3. The van der Waals surface area contributed by atoms with Crippen LogP contribution in [0, 0.1) is 5.41 Å². The fourth-order valence-electron chi connectivity index (χ4n) is 4.00. The fraction of sp³-hybridized carbons (Fsp3) is 0.273. The van der Waals surface area contributed by atoms with Crippen molar-refractivity contribution in [1.29, 1.82) is 0 Å². The Balaban J connectivity index is 2.01. The molecule has 0 amide bonds. The molecule has 3 aromatic rings. The van der Waals surface area contributed by atoms with Gasteiger partial charge in [0.2, 0.25) is 0 Å². The van der Waals surface area contributed by atoms with Crippen molar-refractivity contribution in [3.63, 3.8) is 0 Å². The van der Waals surface area contributed by atoms with Crippen LogP contribution in [-0.4, -0.2) is 6.36 Å². The Morgan fingerprint density at radius 3 is 2.26 bits per heavy atom. The van der Waals surface area contributed by atoms with Gasteiger partial charge in [-0.15, -0.1) is 24.5 Å². The predicted molar refractivity (Wildman–Crippen MR) is 103 cm³/mol. The van der Waals surface area contributed by atoms with Crippen molar-refractivity contribution < 1.29 is 17.9 Å². The molecule has 1 aromatic heterocycles. The first-order chi connectivity index (χ1) is 12.6. The minimum atomic E-state index is -4.71. The summed E-state index contributed by atoms with van der Waals surface area (Å²) in [4.78, 5) is 1.09. The summed E-state index contributed by atoms with van der Waals surface area (Å²) in [6, 6.07) is 15.0. The summed E-state index contributed by atoms with van der Waals surface area (Å²) in [6.07, 6.45) is -4.71. The van der Waals surface area contributed by atoms with Crippen molar-refractivity contribution in [3.8, 4) is 27.3 Å². The number of alkyl halides is 3. The molecule has 1 heterocycles. The van der Waals surface area contributed by atoms with Crippen molar-refractivity contribution in [3.05, 3.63) is 65.0 Å². The van der Waals surface area contributed by atoms with Crippen molar-refractivity contribution in [1.82, 2.24) is 0 Å². The molecule has 2 aromatic carbocycles. The van der Waals surface area contributed by atoms with E-state index in [0.29, 0.717) is 0 Å². The highest BCUT2D eigenvalue weighted by Crippen LogP contribution is 2.53. The third-order valence-corrected chi connectivity index (χ3v) is 5.85. The molecule has 0 saturated carbocycles. The number of hydrogen-bond acceptors (Lipinski definition) is 2. The third-order valence-electron chi connectivity index (χ3n) is 4.91. The molecule has 0 bridgehead atoms. The quantitative estimate of drug-likeness (QED) is 0.420. The van der Waals surface area contributed by atoms with Gasteiger partial charge in [0.1, 0.15) is 5.75 Å². The van der Waals surface area contributed by atoms with Crippen LogP contribution in [0.2, 0.25) is 0 Å². The zero-order chi connectivity index (χ0) is 19.4. The van der Waals surface area contributed by atoms with Gasteiger partial charge in [0.15, 0.2) is 0 Å². The van der Waals surface area contributed by atoms with Gasteiger partial charge in [0.25, 0.3) is 0 Å². The van der Waals surface area contributed by atoms with Crippen LogP contribution < -0.4 is 4.74 Å². The van der Waals surface area contributed by atoms with Crippen LogP contribution in [0.4, 0.5) is 13.2 Å². The molecule has 1 unspecified atom stereocenters. The number of fused-ring (bicyclic) bond motifs is 5. The number of rotatable bonds is 1. The molecule has 140 valence electrons. The van der Waals surface area contributed by atoms with Crippen molar-refractivity contribution in [2.75, 3.05) is 0 Å². The average Bonchev–Trinajstić information content (AvgIpc) is 2.99. The zero-order valence-corrected chi connectivity index (χ0v) is 16.0. The highest BCUT2D eigenvalue weighted by atomic mass is 32.1. The molecule has 4 rings (SSSR count). The first-order valence-corrected chi connectivity index (χ1v) is 9.60. The Hall–Kier alpha value is -2.27. The van der Waals surface area contributed by atoms with E-state index >= 15 is 0 Å². The van der Waals surface area contributed by atoms with Gasteiger partial charge in [-0.05, 0) is 51.2 Å². The van der Waals surface area contributed by atoms with Gasteiger partial charge in [-0.1, -0.05) is 51.1 Å². The fourth-order valence-corrected chi connectivity index (χ4v) is 4.96. The minimum Gasteiger partial charge on any atom is -0.406 e. The van der Waals surface area contributed by atoms with Crippen LogP contribution in [0.15, 0.2) is 53.9 Å². The van der Waals surface area contributed by atoms with E-state index in [9.17, 15) is 13.2 Å². The molecule has 5 heteroatoms. The highest BCUT2D eigenvalue weighted by Gasteiger charge is 2.36. The summed E-state index contributed by atoms with van der Waals surface area (Å²) in [5.41, 5.74) is 5.05. The van der Waals surface area contributed by atoms with E-state index in [-0.39, 0.29) is 17.1 Å². The van der Waals surface area contributed by atoms with E-state index in [0.717, 1.165) is 27.1 Å². The molecule has 27 heavy (non-hydrogen) atoms. The Labute approximate surface area is 160 Å². The van der Waals surface area contributed by atoms with Gasteiger partial charge >= 0.3 is 6.36 Å². The SMILES string of the molecule is CC(C)(C)C1c2ccc(OC(F)(F)F)cc2-c2ccsc2-c2ccccc21. The second-order valence-corrected chi connectivity index (χ2v) is 8.76. The normalized spacial score (nSPS) is 16.1. The average molecular weight is 388 g/mol. The van der Waals surface area contributed by atoms with Crippen LogP contribution in [0.1, 0.15) is 37.8 Å². The van der Waals surface area contributed by atoms with Crippen molar-refractivity contribution in [2.24, 2.45) is 5.41 Å². The number of hydrogen-bond donors (Lipinski definition) is 0. The van der Waals surface area contributed by atoms with Crippen LogP contribution >= 0.6 is 11.3 Å². The Morgan fingerprint density at radius 1 is 0.852 bits per heavy atom. The maximum Gasteiger partial charge on any atom is 0.573 e. The first kappa shape index (κ1) is 18.1. The Kier molecular flexibility index (Phi) is 4.11. The molecule has 1 aliphatic carbocycles. The lowest BCUT2D eigenvalue weighted by Gasteiger charge is -2.33. The summed E-state index contributed by atoms with van der Waals surface area (Å²) in [7, 11) is 0. The molecule has 0 aliphatic heterocycles. The number of ether oxygens (including phenoxy) is 1. The van der Waals surface area contributed by atoms with E-state index in [1.807, 2.05) is 23.6 Å². The molecule has 0 fully saturated rings. The zero-order valence-electron chi connectivity index (χ0n) is 15.2. The lowest BCUT2D eigenvalue weighted by molar-refractivity contribution is -0.274. The van der Waals surface area contributed by atoms with E-state index < -0.39 is 6.36 Å². The van der Waals surface area contributed by atoms with E-state index in [4.69, 9.17) is 0 Å². The molecule has 0 N–H and O–H groups in total. The van der Waals surface area contributed by atoms with Gasteiger partial charge < -0.3 is 4.74 Å². The number of thiophene rings is 1. The highest BCUT2D eigenvalue weighted by molar-refractivity contribution is 7.14. The smallest absolute Gasteiger partial charge is 0.406 e. The van der Waals surface area contributed by atoms with E-state index in [2.05, 4.69) is 37.6 Å². The Morgan fingerprint density at radius 2 is 1.56 bits per heavy atom. The third kappa shape index (κ3) is 3.25. The van der Waals surface area contributed by atoms with E-state index in [1.54, 1.807) is 17.4 Å². The van der Waals surface area contributed by atoms with Gasteiger partial charge in [0.05, 0.1) is 0 Å². The second-order valence-electron chi connectivity index (χ2n) is 7.85. The van der Waals surface area contributed by atoms with Crippen LogP contribution in [0.25, 0.3) is 21.6 Å². The minimum absolute atomic E-state index is 0.0586. The lowest BCUT2D eigenvalue weighted by Crippen LogP contribution is -2.21. The molecular formula is C22H19F3OS. The summed E-state index contributed by atoms with van der Waals surface area (Å²) in [5.74, 6) is -0.125. The van der Waals surface area contributed by atoms with Gasteiger partial charge in [-0.3, -0.25) is 0 Å². The second kappa shape index (κ2) is 6.13. The topological polar surface area (TPSA) is 9.23 Å². The predicted octanol–water partition coefficient (Wildman–Crippen LogP) is 7.47. The van der Waals surface area contributed by atoms with Gasteiger partial charge in [0, 0.05) is 16.4 Å². The molecule has 1 aliphatic rings. The first-order valence-electron chi connectivity index (χ1n) is 8.72. The summed E-state index contributed by atoms with van der Waals surface area (Å²) < 4.78 is 42.5. The molecule has 1 nitrogen and oxygen atoms in total. The summed E-state index contributed by atoms with van der Waals surface area (Å²) in [5, 5.41) is 1.99. The lowest BCUT2D eigenvalue weighted by atomic mass is 9.71. The largest absolute Gasteiger partial charge is 0.573 e. The van der Waals surface area contributed by atoms with Crippen molar-refractivity contribution >= 4 is 11.3 Å².